The van der Waals surface area contributed by atoms with Crippen LogP contribution in [0.3, 0.4) is 0 Å². The van der Waals surface area contributed by atoms with Gasteiger partial charge in [0, 0.05) is 45.5 Å². The second-order valence-corrected chi connectivity index (χ2v) is 6.44. The molecule has 0 unspecified atom stereocenters. The first-order chi connectivity index (χ1) is 11.7. The lowest BCUT2D eigenvalue weighted by molar-refractivity contribution is 0.0626. The van der Waals surface area contributed by atoms with Gasteiger partial charge in [0.15, 0.2) is 11.6 Å². The quantitative estimate of drug-likeness (QED) is 0.917. The Morgan fingerprint density at radius 1 is 1.25 bits per heavy atom. The molecule has 2 aliphatic rings. The molecule has 7 heteroatoms. The third-order valence-electron chi connectivity index (χ3n) is 4.94. The number of hydrogen-bond acceptors (Lipinski definition) is 4. The molecule has 1 saturated carbocycles. The maximum absolute atomic E-state index is 13.8. The summed E-state index contributed by atoms with van der Waals surface area (Å²) in [4.78, 5) is 20.2. The number of piperazine rings is 1. The Morgan fingerprint density at radius 3 is 2.58 bits per heavy atom. The first-order valence-corrected chi connectivity index (χ1v) is 8.61. The average Bonchev–Trinajstić information content (AvgIpc) is 2.63. The molecular formula is C17H25FN4O2. The minimum Gasteiger partial charge on any atom is -0.381 e. The zero-order chi connectivity index (χ0) is 16.9. The van der Waals surface area contributed by atoms with Gasteiger partial charge in [-0.25, -0.2) is 14.2 Å². The summed E-state index contributed by atoms with van der Waals surface area (Å²) in [5.74, 6) is 0.0563. The molecule has 2 heterocycles. The molecule has 0 atom stereocenters. The number of amides is 2. The van der Waals surface area contributed by atoms with Crippen molar-refractivity contribution in [2.75, 3.05) is 38.2 Å². The molecular weight excluding hydrogens is 311 g/mol. The number of rotatable bonds is 3. The summed E-state index contributed by atoms with van der Waals surface area (Å²) in [6, 6.07) is 3.21. The molecule has 0 spiro atoms. The standard InChI is InChI=1S/C17H25FN4O2/c1-24-14-6-4-13(5-7-14)20-17(23)22-11-9-21(10-12-22)16-15(18)3-2-8-19-16/h2-3,8,13-14H,4-7,9-12H2,1H3,(H,20,23). The van der Waals surface area contributed by atoms with Crippen LogP contribution in [0.4, 0.5) is 15.0 Å². The summed E-state index contributed by atoms with van der Waals surface area (Å²) < 4.78 is 19.2. The summed E-state index contributed by atoms with van der Waals surface area (Å²) in [6.07, 6.45) is 5.83. The molecule has 6 nitrogen and oxygen atoms in total. The first-order valence-electron chi connectivity index (χ1n) is 8.61. The number of carbonyl (C=O) groups is 1. The van der Waals surface area contributed by atoms with Gasteiger partial charge in [-0.05, 0) is 37.8 Å². The fraction of sp³-hybridized carbons (Fsp3) is 0.647. The lowest BCUT2D eigenvalue weighted by Gasteiger charge is -2.37. The number of methoxy groups -OCH3 is 1. The molecule has 1 aliphatic carbocycles. The van der Waals surface area contributed by atoms with Gasteiger partial charge in [0.2, 0.25) is 0 Å². The number of aromatic nitrogens is 1. The fourth-order valence-corrected chi connectivity index (χ4v) is 3.44. The molecule has 1 aromatic rings. The Bertz CT molecular complexity index is 555. The van der Waals surface area contributed by atoms with Crippen molar-refractivity contribution in [2.45, 2.75) is 37.8 Å². The van der Waals surface area contributed by atoms with Gasteiger partial charge >= 0.3 is 6.03 Å². The molecule has 0 bridgehead atoms. The highest BCUT2D eigenvalue weighted by Gasteiger charge is 2.27. The number of anilines is 1. The highest BCUT2D eigenvalue weighted by molar-refractivity contribution is 5.75. The summed E-state index contributed by atoms with van der Waals surface area (Å²) in [5.41, 5.74) is 0. The SMILES string of the molecule is COC1CCC(NC(=O)N2CCN(c3ncccc3F)CC2)CC1. The van der Waals surface area contributed by atoms with Crippen molar-refractivity contribution in [1.82, 2.24) is 15.2 Å². The molecule has 1 aliphatic heterocycles. The highest BCUT2D eigenvalue weighted by atomic mass is 19.1. The van der Waals surface area contributed by atoms with Crippen molar-refractivity contribution in [3.63, 3.8) is 0 Å². The van der Waals surface area contributed by atoms with E-state index in [0.717, 1.165) is 25.7 Å². The van der Waals surface area contributed by atoms with Crippen LogP contribution >= 0.6 is 0 Å². The maximum atomic E-state index is 13.8. The molecule has 132 valence electrons. The summed E-state index contributed by atoms with van der Waals surface area (Å²) in [7, 11) is 1.74. The molecule has 1 N–H and O–H groups in total. The molecule has 2 fully saturated rings. The summed E-state index contributed by atoms with van der Waals surface area (Å²) >= 11 is 0. The van der Waals surface area contributed by atoms with E-state index in [0.29, 0.717) is 38.1 Å². The van der Waals surface area contributed by atoms with Gasteiger partial charge in [-0.3, -0.25) is 0 Å². The second-order valence-electron chi connectivity index (χ2n) is 6.44. The van der Waals surface area contributed by atoms with Crippen LogP contribution in [-0.2, 0) is 4.74 Å². The highest BCUT2D eigenvalue weighted by Crippen LogP contribution is 2.21. The minimum absolute atomic E-state index is 0.0167. The average molecular weight is 336 g/mol. The van der Waals surface area contributed by atoms with Crippen LogP contribution in [0.15, 0.2) is 18.3 Å². The van der Waals surface area contributed by atoms with Gasteiger partial charge in [0.1, 0.15) is 0 Å². The second kappa shape index (κ2) is 7.79. The zero-order valence-corrected chi connectivity index (χ0v) is 14.1. The zero-order valence-electron chi connectivity index (χ0n) is 14.1. The Morgan fingerprint density at radius 2 is 1.96 bits per heavy atom. The van der Waals surface area contributed by atoms with Crippen LogP contribution in [0.25, 0.3) is 0 Å². The Hall–Kier alpha value is -1.89. The van der Waals surface area contributed by atoms with Gasteiger partial charge in [0.25, 0.3) is 0 Å². The topological polar surface area (TPSA) is 57.7 Å². The van der Waals surface area contributed by atoms with Crippen LogP contribution in [0.1, 0.15) is 25.7 Å². The number of nitrogens with one attached hydrogen (secondary N) is 1. The number of carbonyl (C=O) groups excluding carboxylic acids is 1. The Balaban J connectivity index is 1.46. The lowest BCUT2D eigenvalue weighted by Crippen LogP contribution is -2.54. The molecule has 0 aromatic carbocycles. The smallest absolute Gasteiger partial charge is 0.317 e. The lowest BCUT2D eigenvalue weighted by atomic mass is 9.93. The molecule has 24 heavy (non-hydrogen) atoms. The van der Waals surface area contributed by atoms with Crippen molar-refractivity contribution in [2.24, 2.45) is 0 Å². The summed E-state index contributed by atoms with van der Waals surface area (Å²) in [6.45, 7) is 2.35. The van der Waals surface area contributed by atoms with Crippen LogP contribution in [0.5, 0.6) is 0 Å². The monoisotopic (exact) mass is 336 g/mol. The van der Waals surface area contributed by atoms with Gasteiger partial charge in [-0.2, -0.15) is 0 Å². The third-order valence-corrected chi connectivity index (χ3v) is 4.94. The van der Waals surface area contributed by atoms with E-state index in [1.807, 2.05) is 4.90 Å². The summed E-state index contributed by atoms with van der Waals surface area (Å²) in [5, 5.41) is 3.12. The molecule has 1 saturated heterocycles. The van der Waals surface area contributed by atoms with Gasteiger partial charge < -0.3 is 19.9 Å². The maximum Gasteiger partial charge on any atom is 0.317 e. The van der Waals surface area contributed by atoms with Crippen LogP contribution in [0, 0.1) is 5.82 Å². The van der Waals surface area contributed by atoms with Crippen LogP contribution < -0.4 is 10.2 Å². The van der Waals surface area contributed by atoms with E-state index >= 15 is 0 Å². The van der Waals surface area contributed by atoms with E-state index in [1.165, 1.54) is 6.07 Å². The predicted molar refractivity (Wildman–Crippen MR) is 89.6 cm³/mol. The molecule has 1 aromatic heterocycles. The van der Waals surface area contributed by atoms with E-state index in [4.69, 9.17) is 4.74 Å². The van der Waals surface area contributed by atoms with E-state index in [9.17, 15) is 9.18 Å². The van der Waals surface area contributed by atoms with Gasteiger partial charge in [0.05, 0.1) is 6.10 Å². The van der Waals surface area contributed by atoms with Crippen molar-refractivity contribution < 1.29 is 13.9 Å². The van der Waals surface area contributed by atoms with E-state index in [1.54, 1.807) is 24.3 Å². The minimum atomic E-state index is -0.315. The van der Waals surface area contributed by atoms with Gasteiger partial charge in [-0.15, -0.1) is 0 Å². The molecule has 0 radical (unpaired) electrons. The number of halogens is 1. The van der Waals surface area contributed by atoms with Crippen LogP contribution in [0.2, 0.25) is 0 Å². The fourth-order valence-electron chi connectivity index (χ4n) is 3.44. The number of pyridine rings is 1. The van der Waals surface area contributed by atoms with E-state index < -0.39 is 0 Å². The van der Waals surface area contributed by atoms with Crippen molar-refractivity contribution >= 4 is 11.8 Å². The number of ether oxygens (including phenoxy) is 1. The number of urea groups is 1. The van der Waals surface area contributed by atoms with Crippen molar-refractivity contribution in [3.05, 3.63) is 24.1 Å². The normalized spacial score (nSPS) is 24.8. The number of nitrogens with zero attached hydrogens (tertiary/aromatic N) is 3. The number of hydrogen-bond donors (Lipinski definition) is 1. The van der Waals surface area contributed by atoms with E-state index in [2.05, 4.69) is 10.3 Å². The van der Waals surface area contributed by atoms with E-state index in [-0.39, 0.29) is 17.9 Å². The Kier molecular flexibility index (Phi) is 5.50. The third kappa shape index (κ3) is 3.95. The van der Waals surface area contributed by atoms with Crippen molar-refractivity contribution in [1.29, 1.82) is 0 Å². The van der Waals surface area contributed by atoms with Crippen LogP contribution in [-0.4, -0.2) is 61.3 Å². The first kappa shape index (κ1) is 17.0. The van der Waals surface area contributed by atoms with Crippen molar-refractivity contribution in [3.8, 4) is 0 Å². The molecule has 3 rings (SSSR count). The molecule has 2 amide bonds. The Labute approximate surface area is 142 Å². The predicted octanol–water partition coefficient (Wildman–Crippen LogP) is 2.01. The van der Waals surface area contributed by atoms with Gasteiger partial charge in [-0.1, -0.05) is 0 Å². The largest absolute Gasteiger partial charge is 0.381 e.